The summed E-state index contributed by atoms with van der Waals surface area (Å²) in [7, 11) is 0. The highest BCUT2D eigenvalue weighted by Crippen LogP contribution is 2.14. The van der Waals surface area contributed by atoms with E-state index in [1.807, 2.05) is 26.1 Å². The first-order valence-electron chi connectivity index (χ1n) is 5.06. The molecule has 0 aliphatic heterocycles. The summed E-state index contributed by atoms with van der Waals surface area (Å²) in [5.74, 6) is 0.825. The van der Waals surface area contributed by atoms with Gasteiger partial charge in [-0.05, 0) is 31.9 Å². The van der Waals surface area contributed by atoms with E-state index in [1.165, 1.54) is 0 Å². The number of rotatable bonds is 5. The van der Waals surface area contributed by atoms with Crippen molar-refractivity contribution >= 4 is 22.0 Å². The van der Waals surface area contributed by atoms with Crippen LogP contribution in [0.3, 0.4) is 0 Å². The van der Waals surface area contributed by atoms with Gasteiger partial charge in [-0.15, -0.1) is 0 Å². The Morgan fingerprint density at radius 1 is 1.47 bits per heavy atom. The van der Waals surface area contributed by atoms with Crippen molar-refractivity contribution in [2.45, 2.75) is 26.4 Å². The molecule has 1 heterocycles. The zero-order chi connectivity index (χ0) is 11.1. The van der Waals surface area contributed by atoms with E-state index >= 15 is 0 Å². The van der Waals surface area contributed by atoms with Crippen LogP contribution in [-0.4, -0.2) is 16.4 Å². The highest BCUT2D eigenvalue weighted by Gasteiger charge is 1.97. The first-order valence-corrected chi connectivity index (χ1v) is 6.18. The standard InChI is InChI=1S/C12H16BrNO/c1-10(2)15-12-7-11(8-14-9-12)5-3-4-6-13/h3,5,7-10H,4,6H2,1-2H3/b5-3+. The lowest BCUT2D eigenvalue weighted by atomic mass is 10.2. The number of ether oxygens (including phenoxy) is 1. The second-order valence-electron chi connectivity index (χ2n) is 3.50. The van der Waals surface area contributed by atoms with Crippen molar-refractivity contribution in [2.75, 3.05) is 5.33 Å². The van der Waals surface area contributed by atoms with Gasteiger partial charge < -0.3 is 4.74 Å². The van der Waals surface area contributed by atoms with Gasteiger partial charge in [0.1, 0.15) is 5.75 Å². The van der Waals surface area contributed by atoms with Crippen LogP contribution in [0.4, 0.5) is 0 Å². The summed E-state index contributed by atoms with van der Waals surface area (Å²) in [4.78, 5) is 4.13. The Labute approximate surface area is 99.5 Å². The van der Waals surface area contributed by atoms with Crippen molar-refractivity contribution in [3.63, 3.8) is 0 Å². The second-order valence-corrected chi connectivity index (χ2v) is 4.29. The highest BCUT2D eigenvalue weighted by molar-refractivity contribution is 9.09. The van der Waals surface area contributed by atoms with E-state index in [9.17, 15) is 0 Å². The molecule has 1 rings (SSSR count). The van der Waals surface area contributed by atoms with Crippen LogP contribution in [0.15, 0.2) is 24.5 Å². The summed E-state index contributed by atoms with van der Waals surface area (Å²) < 4.78 is 5.56. The summed E-state index contributed by atoms with van der Waals surface area (Å²) in [6, 6.07) is 2.00. The zero-order valence-corrected chi connectivity index (χ0v) is 10.7. The fraction of sp³-hybridized carbons (Fsp3) is 0.417. The fourth-order valence-electron chi connectivity index (χ4n) is 1.15. The quantitative estimate of drug-likeness (QED) is 0.762. The van der Waals surface area contributed by atoms with Crippen LogP contribution in [-0.2, 0) is 0 Å². The van der Waals surface area contributed by atoms with Gasteiger partial charge in [0.25, 0.3) is 0 Å². The second kappa shape index (κ2) is 6.62. The Balaban J connectivity index is 2.65. The Hall–Kier alpha value is -0.830. The molecule has 2 nitrogen and oxygen atoms in total. The van der Waals surface area contributed by atoms with Gasteiger partial charge in [-0.25, -0.2) is 0 Å². The molecule has 0 amide bonds. The summed E-state index contributed by atoms with van der Waals surface area (Å²) in [6.45, 7) is 4.01. The van der Waals surface area contributed by atoms with Crippen molar-refractivity contribution in [3.8, 4) is 5.75 Å². The number of hydrogen-bond donors (Lipinski definition) is 0. The first-order chi connectivity index (χ1) is 7.22. The van der Waals surface area contributed by atoms with Gasteiger partial charge in [-0.2, -0.15) is 0 Å². The molecular weight excluding hydrogens is 254 g/mol. The van der Waals surface area contributed by atoms with Crippen LogP contribution < -0.4 is 4.74 Å². The molecule has 0 atom stereocenters. The monoisotopic (exact) mass is 269 g/mol. The molecule has 0 saturated carbocycles. The number of hydrogen-bond acceptors (Lipinski definition) is 2. The van der Waals surface area contributed by atoms with E-state index in [0.29, 0.717) is 0 Å². The molecule has 0 spiro atoms. The Morgan fingerprint density at radius 2 is 2.27 bits per heavy atom. The molecular formula is C12H16BrNO. The van der Waals surface area contributed by atoms with Crippen LogP contribution in [0.5, 0.6) is 5.75 Å². The van der Waals surface area contributed by atoms with E-state index in [1.54, 1.807) is 6.20 Å². The summed E-state index contributed by atoms with van der Waals surface area (Å²) in [6.07, 6.45) is 8.95. The Morgan fingerprint density at radius 3 is 2.93 bits per heavy atom. The van der Waals surface area contributed by atoms with Crippen LogP contribution >= 0.6 is 15.9 Å². The predicted octanol–water partition coefficient (Wildman–Crippen LogP) is 3.67. The van der Waals surface area contributed by atoms with Gasteiger partial charge in [0.15, 0.2) is 0 Å². The van der Waals surface area contributed by atoms with Gasteiger partial charge in [0, 0.05) is 11.5 Å². The van der Waals surface area contributed by atoms with Gasteiger partial charge in [-0.1, -0.05) is 28.1 Å². The molecule has 0 N–H and O–H groups in total. The van der Waals surface area contributed by atoms with E-state index in [0.717, 1.165) is 23.1 Å². The molecule has 82 valence electrons. The third-order valence-corrected chi connectivity index (χ3v) is 2.15. The largest absolute Gasteiger partial charge is 0.489 e. The fourth-order valence-corrected chi connectivity index (χ4v) is 1.41. The summed E-state index contributed by atoms with van der Waals surface area (Å²) in [5, 5.41) is 0.985. The maximum absolute atomic E-state index is 5.56. The van der Waals surface area contributed by atoms with Gasteiger partial charge in [0.2, 0.25) is 0 Å². The number of aromatic nitrogens is 1. The van der Waals surface area contributed by atoms with Crippen molar-refractivity contribution in [2.24, 2.45) is 0 Å². The van der Waals surface area contributed by atoms with E-state index in [4.69, 9.17) is 4.74 Å². The van der Waals surface area contributed by atoms with Crippen LogP contribution in [0.25, 0.3) is 6.08 Å². The predicted molar refractivity (Wildman–Crippen MR) is 67.4 cm³/mol. The summed E-state index contributed by atoms with van der Waals surface area (Å²) >= 11 is 3.38. The molecule has 0 bridgehead atoms. The van der Waals surface area contributed by atoms with Gasteiger partial charge in [0.05, 0.1) is 12.3 Å². The van der Waals surface area contributed by atoms with Crippen molar-refractivity contribution in [1.29, 1.82) is 0 Å². The minimum Gasteiger partial charge on any atom is -0.489 e. The van der Waals surface area contributed by atoms with Gasteiger partial charge >= 0.3 is 0 Å². The van der Waals surface area contributed by atoms with Crippen LogP contribution in [0.2, 0.25) is 0 Å². The number of allylic oxidation sites excluding steroid dienone is 1. The molecule has 0 aliphatic rings. The minimum atomic E-state index is 0.188. The van der Waals surface area contributed by atoms with Crippen molar-refractivity contribution in [3.05, 3.63) is 30.1 Å². The van der Waals surface area contributed by atoms with E-state index < -0.39 is 0 Å². The van der Waals surface area contributed by atoms with E-state index in [-0.39, 0.29) is 6.10 Å². The minimum absolute atomic E-state index is 0.188. The maximum atomic E-state index is 5.56. The lowest BCUT2D eigenvalue weighted by molar-refractivity contribution is 0.241. The molecule has 0 aliphatic carbocycles. The average Bonchev–Trinajstić information content (AvgIpc) is 2.18. The maximum Gasteiger partial charge on any atom is 0.138 e. The molecule has 0 unspecified atom stereocenters. The topological polar surface area (TPSA) is 22.1 Å². The highest BCUT2D eigenvalue weighted by atomic mass is 79.9. The molecule has 1 aromatic heterocycles. The molecule has 0 fully saturated rings. The van der Waals surface area contributed by atoms with Crippen molar-refractivity contribution in [1.82, 2.24) is 4.98 Å². The smallest absolute Gasteiger partial charge is 0.138 e. The number of nitrogens with zero attached hydrogens (tertiary/aromatic N) is 1. The molecule has 0 radical (unpaired) electrons. The Bertz CT molecular complexity index is 323. The van der Waals surface area contributed by atoms with Crippen LogP contribution in [0.1, 0.15) is 25.8 Å². The molecule has 0 saturated heterocycles. The number of halogens is 1. The number of alkyl halides is 1. The lowest BCUT2D eigenvalue weighted by Gasteiger charge is -2.08. The molecule has 1 aromatic rings. The first kappa shape index (κ1) is 12.2. The third-order valence-electron chi connectivity index (χ3n) is 1.69. The van der Waals surface area contributed by atoms with E-state index in [2.05, 4.69) is 33.1 Å². The molecule has 3 heteroatoms. The Kier molecular flexibility index (Phi) is 5.40. The lowest BCUT2D eigenvalue weighted by Crippen LogP contribution is -2.05. The molecule has 0 aromatic carbocycles. The third kappa shape index (κ3) is 4.98. The molecule has 15 heavy (non-hydrogen) atoms. The summed E-state index contributed by atoms with van der Waals surface area (Å²) in [5.41, 5.74) is 1.08. The van der Waals surface area contributed by atoms with Crippen LogP contribution in [0, 0.1) is 0 Å². The zero-order valence-electron chi connectivity index (χ0n) is 9.11. The van der Waals surface area contributed by atoms with Crippen molar-refractivity contribution < 1.29 is 4.74 Å². The van der Waals surface area contributed by atoms with Gasteiger partial charge in [-0.3, -0.25) is 4.98 Å². The average molecular weight is 270 g/mol. The number of pyridine rings is 1. The SMILES string of the molecule is CC(C)Oc1cncc(/C=C/CCBr)c1. The normalized spacial score (nSPS) is 11.2.